The van der Waals surface area contributed by atoms with Crippen LogP contribution in [0, 0.1) is 0 Å². The van der Waals surface area contributed by atoms with Gasteiger partial charge in [0, 0.05) is 119 Å². The minimum Gasteiger partial charge on any atom is -0.456 e. The summed E-state index contributed by atoms with van der Waals surface area (Å²) in [6, 6.07) is 127. The Bertz CT molecular complexity index is 8390. The smallest absolute Gasteiger partial charge is 0.137 e. The summed E-state index contributed by atoms with van der Waals surface area (Å²) in [6.45, 7) is 14.3. The first-order valence-electron chi connectivity index (χ1n) is 40.9. The molecule has 0 radical (unpaired) electrons. The van der Waals surface area contributed by atoms with Gasteiger partial charge in [0.05, 0.1) is 33.1 Å². The quantitative estimate of drug-likeness (QED) is 0.177. The van der Waals surface area contributed by atoms with Crippen molar-refractivity contribution in [3.05, 3.63) is 379 Å². The molecule has 552 valence electrons. The summed E-state index contributed by atoms with van der Waals surface area (Å²) in [6.07, 6.45) is 0. The zero-order valence-electron chi connectivity index (χ0n) is 65.5. The van der Waals surface area contributed by atoms with Crippen LogP contribution in [-0.4, -0.2) is 13.7 Å². The molecule has 6 heteroatoms. The summed E-state index contributed by atoms with van der Waals surface area (Å²) >= 11 is 1.89. The predicted molar refractivity (Wildman–Crippen MR) is 495 cm³/mol. The summed E-state index contributed by atoms with van der Waals surface area (Å²) in [5.41, 5.74) is 30.9. The maximum atomic E-state index is 6.36. The van der Waals surface area contributed by atoms with Gasteiger partial charge < -0.3 is 22.5 Å². The molecule has 0 N–H and O–H groups in total. The average Bonchev–Trinajstić information content (AvgIpc) is 1.53. The number of furan rings is 2. The Morgan fingerprint density at radius 3 is 1.42 bits per heavy atom. The molecule has 0 atom stereocenters. The number of aromatic nitrogens is 3. The summed E-state index contributed by atoms with van der Waals surface area (Å²) in [5, 5.41) is 22.9. The monoisotopic (exact) mass is 1510 g/mol. The minimum absolute atomic E-state index is 0.0431. The van der Waals surface area contributed by atoms with Crippen LogP contribution in [0.4, 0.5) is 0 Å². The number of fused-ring (bicyclic) bond motifs is 35. The van der Waals surface area contributed by atoms with Crippen LogP contribution in [0.1, 0.15) is 74.9 Å². The van der Waals surface area contributed by atoms with Crippen LogP contribution in [-0.2, 0) is 16.2 Å². The van der Waals surface area contributed by atoms with Gasteiger partial charge in [0.15, 0.2) is 0 Å². The summed E-state index contributed by atoms with van der Waals surface area (Å²) < 4.78 is 22.8. The molecule has 3 aliphatic carbocycles. The Labute approximate surface area is 678 Å². The molecule has 117 heavy (non-hydrogen) atoms. The molecule has 6 aromatic heterocycles. The number of hydrogen-bond acceptors (Lipinski definition) is 3. The normalized spacial score (nSPS) is 14.1. The van der Waals surface area contributed by atoms with Crippen molar-refractivity contribution in [3.63, 3.8) is 0 Å². The van der Waals surface area contributed by atoms with Gasteiger partial charge in [-0.1, -0.05) is 284 Å². The number of thiophene rings is 1. The molecule has 0 amide bonds. The topological polar surface area (TPSA) is 41.1 Å². The third-order valence-corrected chi connectivity index (χ3v) is 28.0. The molecule has 3 aliphatic rings. The fourth-order valence-corrected chi connectivity index (χ4v) is 22.7. The van der Waals surface area contributed by atoms with Gasteiger partial charge in [0.2, 0.25) is 0 Å². The van der Waals surface area contributed by atoms with Crippen molar-refractivity contribution in [2.75, 3.05) is 0 Å². The maximum absolute atomic E-state index is 6.36. The highest BCUT2D eigenvalue weighted by atomic mass is 32.1. The zero-order chi connectivity index (χ0) is 77.6. The molecule has 5 nitrogen and oxygen atoms in total. The van der Waals surface area contributed by atoms with Crippen LogP contribution in [0.15, 0.2) is 355 Å². The lowest BCUT2D eigenvalue weighted by atomic mass is 9.80. The van der Waals surface area contributed by atoms with Crippen molar-refractivity contribution in [1.82, 2.24) is 13.7 Å². The molecule has 18 aromatic carbocycles. The van der Waals surface area contributed by atoms with E-state index in [-0.39, 0.29) is 16.2 Å². The van der Waals surface area contributed by atoms with Gasteiger partial charge >= 0.3 is 0 Å². The van der Waals surface area contributed by atoms with Gasteiger partial charge in [-0.15, -0.1) is 11.3 Å². The van der Waals surface area contributed by atoms with Crippen LogP contribution in [0.25, 0.3) is 212 Å². The van der Waals surface area contributed by atoms with E-state index in [2.05, 4.69) is 377 Å². The average molecular weight is 1510 g/mol. The van der Waals surface area contributed by atoms with Crippen molar-refractivity contribution in [2.24, 2.45) is 0 Å². The van der Waals surface area contributed by atoms with Crippen LogP contribution in [0.3, 0.4) is 0 Å². The number of rotatable bonds is 3. The van der Waals surface area contributed by atoms with Gasteiger partial charge in [-0.25, -0.2) is 0 Å². The third-order valence-electron chi connectivity index (χ3n) is 26.9. The van der Waals surface area contributed by atoms with Crippen LogP contribution in [0.2, 0.25) is 0 Å². The van der Waals surface area contributed by atoms with E-state index >= 15 is 0 Å². The minimum atomic E-state index is -0.128. The largest absolute Gasteiger partial charge is 0.456 e. The lowest BCUT2D eigenvalue weighted by molar-refractivity contribution is 0.661. The second-order valence-corrected chi connectivity index (χ2v) is 35.2. The molecule has 0 saturated heterocycles. The van der Waals surface area contributed by atoms with E-state index in [0.29, 0.717) is 0 Å². The number of hydrogen-bond donors (Lipinski definition) is 0. The molecule has 0 saturated carbocycles. The van der Waals surface area contributed by atoms with E-state index in [0.717, 1.165) is 55.3 Å². The van der Waals surface area contributed by atoms with E-state index in [4.69, 9.17) is 8.83 Å². The van der Waals surface area contributed by atoms with Crippen molar-refractivity contribution in [1.29, 1.82) is 0 Å². The lowest BCUT2D eigenvalue weighted by Crippen LogP contribution is -2.16. The number of benzene rings is 18. The van der Waals surface area contributed by atoms with Crippen LogP contribution >= 0.6 is 11.3 Å². The summed E-state index contributed by atoms with van der Waals surface area (Å²) in [5.74, 6) is 0. The first-order valence-corrected chi connectivity index (χ1v) is 41.7. The highest BCUT2D eigenvalue weighted by Gasteiger charge is 2.42. The SMILES string of the molecule is CC1(C)c2ccccc2-c2c1c1c(c3ccccc23)c2ccccc2n1-c1ccc2c(c1)sc1ccccc12.CC1(C)c2ccccc2-c2cc3c(cc21)c1cc2ccccc2cc1n3-c1ccc2c(c1)oc1ccccc12.CC1(C)c2ccccc2-c2ccc3c4c5ccccc5ccc4n(-c4ccc5c(c4)oc4ccccc45)c3c21. The Morgan fingerprint density at radius 1 is 0.231 bits per heavy atom. The second kappa shape index (κ2) is 24.0. The molecule has 0 unspecified atom stereocenters. The zero-order valence-corrected chi connectivity index (χ0v) is 66.3. The van der Waals surface area contributed by atoms with Crippen molar-refractivity contribution < 1.29 is 8.83 Å². The van der Waals surface area contributed by atoms with Gasteiger partial charge in [0.25, 0.3) is 0 Å². The molecule has 0 bridgehead atoms. The van der Waals surface area contributed by atoms with Gasteiger partial charge in [-0.05, 0) is 190 Å². The third kappa shape index (κ3) is 9.19. The Balaban J connectivity index is 0.0000000980. The second-order valence-electron chi connectivity index (χ2n) is 34.1. The van der Waals surface area contributed by atoms with Gasteiger partial charge in [-0.3, -0.25) is 0 Å². The highest BCUT2D eigenvalue weighted by molar-refractivity contribution is 7.25. The van der Waals surface area contributed by atoms with Crippen LogP contribution in [0.5, 0.6) is 0 Å². The number of para-hydroxylation sites is 3. The first-order chi connectivity index (χ1) is 57.3. The predicted octanol–water partition coefficient (Wildman–Crippen LogP) is 30.9. The Morgan fingerprint density at radius 2 is 0.709 bits per heavy atom. The summed E-state index contributed by atoms with van der Waals surface area (Å²) in [4.78, 5) is 0. The Hall–Kier alpha value is -14.0. The Kier molecular flexibility index (Phi) is 13.6. The van der Waals surface area contributed by atoms with Crippen molar-refractivity contribution in [3.8, 4) is 50.4 Å². The van der Waals surface area contributed by atoms with Gasteiger partial charge in [-0.2, -0.15) is 0 Å². The van der Waals surface area contributed by atoms with Crippen LogP contribution < -0.4 is 0 Å². The standard InChI is InChI=1S/2C37H25NO.C37H25NS/c1-37(2)30-13-7-5-11-25(30)28-18-19-29-34-24-10-4-3-9-22(24)15-20-31(34)38(36(29)35(28)37)23-16-17-27-26-12-6-8-14-32(26)39-33(27)21-23;1-37(2)31-13-7-5-11-25(31)28-21-34-30(20-32(28)37)29-17-22-9-3-4-10-23(22)18-33(29)38(34)24-15-16-27-26-12-6-8-14-35(26)39-36(27)19-24;1-37(2)29-16-8-5-14-27(29)33-25-12-3-4-13-26(25)34-28-15-6-9-17-30(28)38(36(34)35(33)37)22-19-20-24-23-11-7-10-18-31(23)39-32(24)21-22/h3*3-21H,1-2H3. The fourth-order valence-electron chi connectivity index (χ4n) is 21.6. The molecule has 24 aromatic rings. The number of nitrogens with zero attached hydrogens (tertiary/aromatic N) is 3. The van der Waals surface area contributed by atoms with E-state index in [1.54, 1.807) is 0 Å². The molecule has 0 spiro atoms. The van der Waals surface area contributed by atoms with Crippen molar-refractivity contribution >= 4 is 173 Å². The van der Waals surface area contributed by atoms with E-state index < -0.39 is 0 Å². The lowest BCUT2D eigenvalue weighted by Gasteiger charge is -2.24. The van der Waals surface area contributed by atoms with E-state index in [9.17, 15) is 0 Å². The molecule has 27 rings (SSSR count). The van der Waals surface area contributed by atoms with E-state index in [1.165, 1.54) is 190 Å². The molecular formula is C111H75N3O2S. The van der Waals surface area contributed by atoms with E-state index in [1.807, 2.05) is 35.6 Å². The molecule has 0 fully saturated rings. The van der Waals surface area contributed by atoms with Crippen molar-refractivity contribution in [2.45, 2.75) is 57.8 Å². The molecular weight excluding hydrogens is 1440 g/mol. The fraction of sp³-hybridized carbons (Fsp3) is 0.0811. The highest BCUT2D eigenvalue weighted by Crippen LogP contribution is 2.59. The first kappa shape index (κ1) is 66.4. The molecule has 6 heterocycles. The summed E-state index contributed by atoms with van der Waals surface area (Å²) in [7, 11) is 0. The van der Waals surface area contributed by atoms with Gasteiger partial charge in [0.1, 0.15) is 22.3 Å². The maximum Gasteiger partial charge on any atom is 0.137 e. The molecule has 0 aliphatic heterocycles.